The second kappa shape index (κ2) is 10.3. The number of halogens is 3. The lowest BCUT2D eigenvalue weighted by Gasteiger charge is -2.41. The van der Waals surface area contributed by atoms with Gasteiger partial charge in [-0.1, -0.05) is 0 Å². The lowest BCUT2D eigenvalue weighted by molar-refractivity contribution is -0.137. The quantitative estimate of drug-likeness (QED) is 0.832. The summed E-state index contributed by atoms with van der Waals surface area (Å²) in [5.41, 5.74) is 1.05. The van der Waals surface area contributed by atoms with Crippen molar-refractivity contribution in [1.29, 1.82) is 0 Å². The Balaban J connectivity index is 0.00000169. The number of nitrogens with zero attached hydrogens (tertiary/aromatic N) is 3. The van der Waals surface area contributed by atoms with Crippen molar-refractivity contribution < 1.29 is 9.18 Å². The summed E-state index contributed by atoms with van der Waals surface area (Å²) in [4.78, 5) is 19.2. The lowest BCUT2D eigenvalue weighted by Crippen LogP contribution is -2.58. The van der Waals surface area contributed by atoms with Crippen molar-refractivity contribution in [2.24, 2.45) is 0 Å². The van der Waals surface area contributed by atoms with E-state index in [0.717, 1.165) is 51.5 Å². The standard InChI is InChI=1S/C18H27FN4O.2ClH/c1-14-13-23(8-7-20-14)18(24)15(2)21-9-11-22(12-10-21)17-5-3-16(19)4-6-17;;/h3-6,14-15,20H,7-13H2,1-2H3;2*1H. The van der Waals surface area contributed by atoms with E-state index in [9.17, 15) is 9.18 Å². The van der Waals surface area contributed by atoms with Crippen molar-refractivity contribution in [2.45, 2.75) is 25.9 Å². The largest absolute Gasteiger partial charge is 0.369 e. The SMILES string of the molecule is CC1CN(C(=O)C(C)N2CCN(c3ccc(F)cc3)CC2)CCN1.Cl.Cl. The fourth-order valence-corrected chi connectivity index (χ4v) is 3.57. The van der Waals surface area contributed by atoms with Gasteiger partial charge in [-0.25, -0.2) is 4.39 Å². The molecule has 1 amide bonds. The van der Waals surface area contributed by atoms with Crippen LogP contribution in [0.4, 0.5) is 10.1 Å². The smallest absolute Gasteiger partial charge is 0.239 e. The third kappa shape index (κ3) is 5.46. The molecule has 2 unspecified atom stereocenters. The monoisotopic (exact) mass is 406 g/mol. The van der Waals surface area contributed by atoms with Crippen LogP contribution in [-0.4, -0.2) is 73.6 Å². The Labute approximate surface area is 167 Å². The van der Waals surface area contributed by atoms with Gasteiger partial charge in [0.05, 0.1) is 6.04 Å². The van der Waals surface area contributed by atoms with Gasteiger partial charge < -0.3 is 15.1 Å². The lowest BCUT2D eigenvalue weighted by atomic mass is 10.1. The van der Waals surface area contributed by atoms with E-state index in [2.05, 4.69) is 22.0 Å². The molecule has 0 bridgehead atoms. The van der Waals surface area contributed by atoms with Crippen LogP contribution in [-0.2, 0) is 4.79 Å². The molecule has 0 aliphatic carbocycles. The molecule has 2 heterocycles. The number of piperazine rings is 2. The number of benzene rings is 1. The van der Waals surface area contributed by atoms with Gasteiger partial charge >= 0.3 is 0 Å². The van der Waals surface area contributed by atoms with E-state index in [-0.39, 0.29) is 42.6 Å². The Morgan fingerprint density at radius 3 is 2.31 bits per heavy atom. The topological polar surface area (TPSA) is 38.8 Å². The molecule has 26 heavy (non-hydrogen) atoms. The maximum atomic E-state index is 13.0. The number of carbonyl (C=O) groups is 1. The highest BCUT2D eigenvalue weighted by molar-refractivity contribution is 5.85. The first-order valence-corrected chi connectivity index (χ1v) is 8.81. The predicted octanol–water partition coefficient (Wildman–Crippen LogP) is 2.00. The van der Waals surface area contributed by atoms with Gasteiger partial charge in [-0.15, -0.1) is 24.8 Å². The molecule has 0 aromatic heterocycles. The molecular weight excluding hydrogens is 378 g/mol. The van der Waals surface area contributed by atoms with Crippen LogP contribution < -0.4 is 10.2 Å². The van der Waals surface area contributed by atoms with Crippen molar-refractivity contribution in [3.8, 4) is 0 Å². The summed E-state index contributed by atoms with van der Waals surface area (Å²) in [5, 5.41) is 3.37. The second-order valence-corrected chi connectivity index (χ2v) is 6.81. The molecule has 5 nitrogen and oxygen atoms in total. The average Bonchev–Trinajstić information content (AvgIpc) is 2.61. The molecule has 0 spiro atoms. The summed E-state index contributed by atoms with van der Waals surface area (Å²) in [6.07, 6.45) is 0. The molecule has 2 saturated heterocycles. The first-order chi connectivity index (χ1) is 11.5. The van der Waals surface area contributed by atoms with Crippen molar-refractivity contribution >= 4 is 36.4 Å². The molecule has 2 aliphatic rings. The third-order valence-electron chi connectivity index (χ3n) is 5.09. The summed E-state index contributed by atoms with van der Waals surface area (Å²) < 4.78 is 13.0. The minimum absolute atomic E-state index is 0. The number of anilines is 1. The molecule has 2 fully saturated rings. The fraction of sp³-hybridized carbons (Fsp3) is 0.611. The van der Waals surface area contributed by atoms with Gasteiger partial charge in [-0.3, -0.25) is 9.69 Å². The number of carbonyl (C=O) groups excluding carboxylic acids is 1. The number of hydrogen-bond donors (Lipinski definition) is 1. The van der Waals surface area contributed by atoms with E-state index < -0.39 is 0 Å². The Morgan fingerprint density at radius 1 is 1.12 bits per heavy atom. The first-order valence-electron chi connectivity index (χ1n) is 8.81. The molecule has 0 saturated carbocycles. The molecule has 148 valence electrons. The molecule has 3 rings (SSSR count). The van der Waals surface area contributed by atoms with E-state index in [4.69, 9.17) is 0 Å². The molecular formula is C18H29Cl2FN4O. The second-order valence-electron chi connectivity index (χ2n) is 6.81. The Hall–Kier alpha value is -1.08. The van der Waals surface area contributed by atoms with Gasteiger partial charge in [0, 0.05) is 57.5 Å². The molecule has 1 N–H and O–H groups in total. The zero-order valence-electron chi connectivity index (χ0n) is 15.4. The van der Waals surface area contributed by atoms with Crippen LogP contribution in [0.15, 0.2) is 24.3 Å². The van der Waals surface area contributed by atoms with Crippen LogP contribution in [0.1, 0.15) is 13.8 Å². The van der Waals surface area contributed by atoms with Crippen molar-refractivity contribution in [1.82, 2.24) is 15.1 Å². The number of nitrogens with one attached hydrogen (secondary N) is 1. The molecule has 0 radical (unpaired) electrons. The van der Waals surface area contributed by atoms with E-state index >= 15 is 0 Å². The summed E-state index contributed by atoms with van der Waals surface area (Å²) in [7, 11) is 0. The molecule has 1 aromatic carbocycles. The average molecular weight is 407 g/mol. The molecule has 1 aromatic rings. The van der Waals surface area contributed by atoms with Gasteiger partial charge in [-0.2, -0.15) is 0 Å². The van der Waals surface area contributed by atoms with Crippen LogP contribution in [0.3, 0.4) is 0 Å². The van der Waals surface area contributed by atoms with Crippen molar-refractivity contribution in [2.75, 3.05) is 50.7 Å². The highest BCUT2D eigenvalue weighted by Crippen LogP contribution is 2.18. The number of rotatable bonds is 3. The zero-order chi connectivity index (χ0) is 17.1. The Morgan fingerprint density at radius 2 is 1.73 bits per heavy atom. The number of amides is 1. The van der Waals surface area contributed by atoms with E-state index in [1.54, 1.807) is 0 Å². The van der Waals surface area contributed by atoms with Gasteiger partial charge in [0.1, 0.15) is 5.82 Å². The summed E-state index contributed by atoms with van der Waals surface area (Å²) >= 11 is 0. The Bertz CT molecular complexity index is 567. The molecule has 2 atom stereocenters. The highest BCUT2D eigenvalue weighted by atomic mass is 35.5. The van der Waals surface area contributed by atoms with E-state index in [0.29, 0.717) is 6.04 Å². The molecule has 8 heteroatoms. The maximum Gasteiger partial charge on any atom is 0.239 e. The van der Waals surface area contributed by atoms with Gasteiger partial charge in [0.15, 0.2) is 0 Å². The maximum absolute atomic E-state index is 13.0. The number of hydrogen-bond acceptors (Lipinski definition) is 4. The van der Waals surface area contributed by atoms with Crippen LogP contribution in [0.5, 0.6) is 0 Å². The van der Waals surface area contributed by atoms with Crippen LogP contribution in [0.25, 0.3) is 0 Å². The third-order valence-corrected chi connectivity index (χ3v) is 5.09. The van der Waals surface area contributed by atoms with Crippen LogP contribution in [0, 0.1) is 5.82 Å². The predicted molar refractivity (Wildman–Crippen MR) is 108 cm³/mol. The highest BCUT2D eigenvalue weighted by Gasteiger charge is 2.30. The summed E-state index contributed by atoms with van der Waals surface area (Å²) in [6, 6.07) is 6.93. The minimum Gasteiger partial charge on any atom is -0.369 e. The summed E-state index contributed by atoms with van der Waals surface area (Å²) in [5.74, 6) is 0.0282. The fourth-order valence-electron chi connectivity index (χ4n) is 3.57. The summed E-state index contributed by atoms with van der Waals surface area (Å²) in [6.45, 7) is 10.0. The Kier molecular flexibility index (Phi) is 9.10. The van der Waals surface area contributed by atoms with Gasteiger partial charge in [0.25, 0.3) is 0 Å². The minimum atomic E-state index is -0.207. The molecule has 2 aliphatic heterocycles. The van der Waals surface area contributed by atoms with Crippen LogP contribution >= 0.6 is 24.8 Å². The van der Waals surface area contributed by atoms with Crippen molar-refractivity contribution in [3.05, 3.63) is 30.1 Å². The van der Waals surface area contributed by atoms with Crippen LogP contribution in [0.2, 0.25) is 0 Å². The van der Waals surface area contributed by atoms with Crippen molar-refractivity contribution in [3.63, 3.8) is 0 Å². The van der Waals surface area contributed by atoms with Gasteiger partial charge in [0.2, 0.25) is 5.91 Å². The zero-order valence-corrected chi connectivity index (χ0v) is 17.0. The van der Waals surface area contributed by atoms with E-state index in [1.165, 1.54) is 12.1 Å². The van der Waals surface area contributed by atoms with Gasteiger partial charge in [-0.05, 0) is 38.1 Å². The van der Waals surface area contributed by atoms with E-state index in [1.807, 2.05) is 24.0 Å². The first kappa shape index (κ1) is 23.0. The normalized spacial score (nSPS) is 22.2.